The first-order valence-electron chi connectivity index (χ1n) is 18.2. The Balaban J connectivity index is 1.29. The van der Waals surface area contributed by atoms with E-state index in [-0.39, 0.29) is 30.4 Å². The Kier molecular flexibility index (Phi) is 13.7. The van der Waals surface area contributed by atoms with E-state index in [1.54, 1.807) is 4.90 Å². The van der Waals surface area contributed by atoms with Crippen molar-refractivity contribution < 1.29 is 24.2 Å². The third-order valence-electron chi connectivity index (χ3n) is 10.4. The van der Waals surface area contributed by atoms with Crippen molar-refractivity contribution in [2.45, 2.75) is 136 Å². The van der Waals surface area contributed by atoms with Crippen LogP contribution >= 0.6 is 0 Å². The molecule has 0 spiro atoms. The molecule has 3 amide bonds. The van der Waals surface area contributed by atoms with E-state index < -0.39 is 23.6 Å². The van der Waals surface area contributed by atoms with Gasteiger partial charge in [0.1, 0.15) is 12.1 Å². The minimum absolute atomic E-state index is 0.00682. The van der Waals surface area contributed by atoms with Crippen molar-refractivity contribution in [3.05, 3.63) is 23.3 Å². The molecule has 4 rings (SSSR count). The molecule has 1 saturated heterocycles. The SMILES string of the molecule is C[C@H](CNCC(O)CNC(=O)[C@@H](CC1=CCC2CCCCC2C1)NC(=O)C1CCCN1C(=O)C(C)(C)C)OCC1=C[C@H](C)CCC1. The van der Waals surface area contributed by atoms with Crippen molar-refractivity contribution in [3.63, 3.8) is 0 Å². The van der Waals surface area contributed by atoms with Crippen LogP contribution in [0.1, 0.15) is 112 Å². The number of fused-ring (bicyclic) bond motifs is 1. The lowest BCUT2D eigenvalue weighted by molar-refractivity contribution is -0.145. The normalized spacial score (nSPS) is 27.1. The average Bonchev–Trinajstić information content (AvgIpc) is 3.51. The second kappa shape index (κ2) is 17.3. The smallest absolute Gasteiger partial charge is 0.243 e. The molecule has 46 heavy (non-hydrogen) atoms. The first-order chi connectivity index (χ1) is 21.9. The number of aliphatic hydroxyl groups excluding tert-OH is 1. The molecule has 260 valence electrons. The molecule has 1 aliphatic heterocycles. The van der Waals surface area contributed by atoms with Gasteiger partial charge in [0.15, 0.2) is 0 Å². The van der Waals surface area contributed by atoms with Gasteiger partial charge in [-0.25, -0.2) is 0 Å². The number of likely N-dealkylation sites (tertiary alicyclic amines) is 1. The van der Waals surface area contributed by atoms with Crippen LogP contribution in [0.25, 0.3) is 0 Å². The van der Waals surface area contributed by atoms with Gasteiger partial charge in [-0.2, -0.15) is 0 Å². The van der Waals surface area contributed by atoms with E-state index in [9.17, 15) is 19.5 Å². The summed E-state index contributed by atoms with van der Waals surface area (Å²) in [5.41, 5.74) is 2.02. The van der Waals surface area contributed by atoms with Crippen LogP contribution in [-0.4, -0.2) is 84.8 Å². The number of ether oxygens (including phenoxy) is 1. The monoisotopic (exact) mass is 642 g/mol. The Morgan fingerprint density at radius 3 is 2.50 bits per heavy atom. The number of hydrogen-bond acceptors (Lipinski definition) is 6. The molecule has 1 heterocycles. The van der Waals surface area contributed by atoms with Gasteiger partial charge in [0.25, 0.3) is 0 Å². The number of nitrogens with one attached hydrogen (secondary N) is 3. The maximum atomic E-state index is 13.6. The predicted molar refractivity (Wildman–Crippen MR) is 182 cm³/mol. The first kappa shape index (κ1) is 36.6. The number of rotatable bonds is 14. The standard InChI is InChI=1S/C37H62N4O5/c1-25-10-8-11-28(18-25)24-46-26(2)21-38-22-31(42)23-39-34(43)32(20-27-15-16-29-12-6-7-13-30(29)19-27)40-35(44)33-14-9-17-41(33)36(45)37(3,4)5/h15,18,25-26,29-33,38,42H,6-14,16-17,19-24H2,1-5H3,(H,39,43)(H,40,44)/t25-,26-,29?,30?,31?,32-,33?/m1/s1. The van der Waals surface area contributed by atoms with Crippen molar-refractivity contribution >= 4 is 17.7 Å². The second-order valence-electron chi connectivity index (χ2n) is 15.7. The van der Waals surface area contributed by atoms with Gasteiger partial charge in [0.2, 0.25) is 17.7 Å². The summed E-state index contributed by atoms with van der Waals surface area (Å²) in [6, 6.07) is -1.32. The van der Waals surface area contributed by atoms with Crippen LogP contribution < -0.4 is 16.0 Å². The van der Waals surface area contributed by atoms with E-state index in [1.807, 2.05) is 27.7 Å². The molecule has 0 radical (unpaired) electrons. The van der Waals surface area contributed by atoms with Gasteiger partial charge < -0.3 is 30.7 Å². The van der Waals surface area contributed by atoms with Crippen LogP contribution in [0.5, 0.6) is 0 Å². The number of allylic oxidation sites excluding steroid dienone is 2. The molecule has 0 aromatic rings. The summed E-state index contributed by atoms with van der Waals surface area (Å²) in [6.45, 7) is 12.1. The molecule has 0 aromatic carbocycles. The average molecular weight is 643 g/mol. The third-order valence-corrected chi connectivity index (χ3v) is 10.4. The van der Waals surface area contributed by atoms with Gasteiger partial charge in [0, 0.05) is 31.6 Å². The van der Waals surface area contributed by atoms with Gasteiger partial charge in [-0.1, -0.05) is 58.3 Å². The highest BCUT2D eigenvalue weighted by molar-refractivity contribution is 5.93. The fraction of sp³-hybridized carbons (Fsp3) is 0.811. The molecule has 2 fully saturated rings. The lowest BCUT2D eigenvalue weighted by Crippen LogP contribution is -2.55. The molecule has 4 N–H and O–H groups in total. The van der Waals surface area contributed by atoms with Gasteiger partial charge in [-0.05, 0) is 94.5 Å². The molecular formula is C37H62N4O5. The summed E-state index contributed by atoms with van der Waals surface area (Å²) in [5, 5.41) is 19.9. The van der Waals surface area contributed by atoms with E-state index in [1.165, 1.54) is 49.7 Å². The largest absolute Gasteiger partial charge is 0.390 e. The molecule has 4 unspecified atom stereocenters. The summed E-state index contributed by atoms with van der Waals surface area (Å²) in [7, 11) is 0. The summed E-state index contributed by atoms with van der Waals surface area (Å²) < 4.78 is 6.01. The number of nitrogens with zero attached hydrogens (tertiary/aromatic N) is 1. The molecule has 3 aliphatic carbocycles. The van der Waals surface area contributed by atoms with E-state index in [4.69, 9.17) is 4.74 Å². The third kappa shape index (κ3) is 10.9. The minimum atomic E-state index is -0.777. The van der Waals surface area contributed by atoms with Crippen LogP contribution in [0.4, 0.5) is 0 Å². The number of carbonyl (C=O) groups excluding carboxylic acids is 3. The van der Waals surface area contributed by atoms with Crippen LogP contribution in [-0.2, 0) is 19.1 Å². The summed E-state index contributed by atoms with van der Waals surface area (Å²) >= 11 is 0. The minimum Gasteiger partial charge on any atom is -0.390 e. The van der Waals surface area contributed by atoms with Crippen molar-refractivity contribution in [3.8, 4) is 0 Å². The Hall–Kier alpha value is -2.23. The zero-order chi connectivity index (χ0) is 33.3. The molecule has 4 aliphatic rings. The van der Waals surface area contributed by atoms with Gasteiger partial charge in [0.05, 0.1) is 18.8 Å². The number of aliphatic hydroxyl groups is 1. The molecular weight excluding hydrogens is 580 g/mol. The molecule has 0 bridgehead atoms. The van der Waals surface area contributed by atoms with E-state index in [2.05, 4.69) is 35.0 Å². The van der Waals surface area contributed by atoms with Crippen LogP contribution in [0, 0.1) is 23.2 Å². The molecule has 9 heteroatoms. The van der Waals surface area contributed by atoms with Crippen molar-refractivity contribution in [1.29, 1.82) is 0 Å². The highest BCUT2D eigenvalue weighted by Gasteiger charge is 2.40. The van der Waals surface area contributed by atoms with Crippen molar-refractivity contribution in [2.75, 3.05) is 32.8 Å². The van der Waals surface area contributed by atoms with E-state index in [0.29, 0.717) is 50.9 Å². The fourth-order valence-electron chi connectivity index (χ4n) is 7.74. The number of carbonyl (C=O) groups is 3. The van der Waals surface area contributed by atoms with E-state index >= 15 is 0 Å². The van der Waals surface area contributed by atoms with Crippen LogP contribution in [0.3, 0.4) is 0 Å². The Morgan fingerprint density at radius 1 is 1.00 bits per heavy atom. The van der Waals surface area contributed by atoms with Crippen molar-refractivity contribution in [2.24, 2.45) is 23.2 Å². The van der Waals surface area contributed by atoms with Gasteiger partial charge in [-0.3, -0.25) is 14.4 Å². The Morgan fingerprint density at radius 2 is 1.76 bits per heavy atom. The lowest BCUT2D eigenvalue weighted by atomic mass is 9.70. The predicted octanol–water partition coefficient (Wildman–Crippen LogP) is 4.64. The molecule has 9 nitrogen and oxygen atoms in total. The summed E-state index contributed by atoms with van der Waals surface area (Å²) in [4.78, 5) is 42.0. The quantitative estimate of drug-likeness (QED) is 0.205. The first-order valence-corrected chi connectivity index (χ1v) is 18.2. The number of amides is 3. The highest BCUT2D eigenvalue weighted by Crippen LogP contribution is 2.41. The van der Waals surface area contributed by atoms with E-state index in [0.717, 1.165) is 31.6 Å². The molecule has 1 saturated carbocycles. The maximum Gasteiger partial charge on any atom is 0.243 e. The van der Waals surface area contributed by atoms with Gasteiger partial charge >= 0.3 is 0 Å². The molecule has 7 atom stereocenters. The highest BCUT2D eigenvalue weighted by atomic mass is 16.5. The van der Waals surface area contributed by atoms with Gasteiger partial charge in [-0.15, -0.1) is 0 Å². The molecule has 0 aromatic heterocycles. The Bertz CT molecular complexity index is 1100. The summed E-state index contributed by atoms with van der Waals surface area (Å²) in [5.74, 6) is 1.41. The zero-order valence-corrected chi connectivity index (χ0v) is 29.2. The lowest BCUT2D eigenvalue weighted by Gasteiger charge is -2.36. The fourth-order valence-corrected chi connectivity index (χ4v) is 7.74. The van der Waals surface area contributed by atoms with Crippen LogP contribution in [0.15, 0.2) is 23.3 Å². The number of hydrogen-bond donors (Lipinski definition) is 4. The summed E-state index contributed by atoms with van der Waals surface area (Å²) in [6.07, 6.45) is 16.4. The topological polar surface area (TPSA) is 120 Å². The van der Waals surface area contributed by atoms with Crippen molar-refractivity contribution in [1.82, 2.24) is 20.9 Å². The van der Waals surface area contributed by atoms with Crippen LogP contribution in [0.2, 0.25) is 0 Å². The zero-order valence-electron chi connectivity index (χ0n) is 29.2. The maximum absolute atomic E-state index is 13.6. The Labute approximate surface area is 277 Å². The second-order valence-corrected chi connectivity index (χ2v) is 15.7.